The molecule has 20 heavy (non-hydrogen) atoms. The summed E-state index contributed by atoms with van der Waals surface area (Å²) in [4.78, 5) is 11.7. The molecule has 2 aliphatic heterocycles. The average molecular weight is 340 g/mol. The number of piperidine rings is 1. The Balaban J connectivity index is 1.97. The fourth-order valence-corrected chi connectivity index (χ4v) is 3.77. The van der Waals surface area contributed by atoms with Gasteiger partial charge in [0.2, 0.25) is 0 Å². The van der Waals surface area contributed by atoms with Crippen LogP contribution in [0.5, 0.6) is 0 Å². The molecule has 3 heterocycles. The molecule has 2 bridgehead atoms. The minimum atomic E-state index is -0.142. The van der Waals surface area contributed by atoms with Gasteiger partial charge in [0.05, 0.1) is 6.10 Å². The topological polar surface area (TPSA) is 49.2 Å². The lowest BCUT2D eigenvalue weighted by molar-refractivity contribution is 0.126. The second-order valence-corrected chi connectivity index (χ2v) is 7.85. The smallest absolute Gasteiger partial charge is 0.137 e. The molecular weight excluding hydrogens is 318 g/mol. The van der Waals surface area contributed by atoms with Gasteiger partial charge in [-0.1, -0.05) is 20.8 Å². The predicted molar refractivity (Wildman–Crippen MR) is 83.0 cm³/mol. The number of anilines is 1. The Kier molecular flexibility index (Phi) is 3.53. The monoisotopic (exact) mass is 339 g/mol. The average Bonchev–Trinajstić information content (AvgIpc) is 2.60. The van der Waals surface area contributed by atoms with Crippen molar-refractivity contribution in [2.75, 3.05) is 4.90 Å². The summed E-state index contributed by atoms with van der Waals surface area (Å²) in [6.07, 6.45) is 3.91. The number of aromatic nitrogens is 2. The third kappa shape index (κ3) is 2.58. The maximum Gasteiger partial charge on any atom is 0.137 e. The maximum atomic E-state index is 9.92. The van der Waals surface area contributed by atoms with Crippen LogP contribution in [0.25, 0.3) is 0 Å². The van der Waals surface area contributed by atoms with Crippen LogP contribution >= 0.6 is 15.9 Å². The molecule has 0 amide bonds. The minimum absolute atomic E-state index is 0.0626. The van der Waals surface area contributed by atoms with Crippen LogP contribution in [0.2, 0.25) is 0 Å². The van der Waals surface area contributed by atoms with Crippen LogP contribution in [0.15, 0.2) is 10.7 Å². The Hall–Kier alpha value is -0.680. The van der Waals surface area contributed by atoms with Crippen molar-refractivity contribution in [2.24, 2.45) is 0 Å². The lowest BCUT2D eigenvalue weighted by Crippen LogP contribution is -2.45. The number of rotatable bonds is 1. The fourth-order valence-electron chi connectivity index (χ4n) is 3.40. The molecule has 2 unspecified atom stereocenters. The highest BCUT2D eigenvalue weighted by Gasteiger charge is 2.41. The summed E-state index contributed by atoms with van der Waals surface area (Å²) in [5.74, 6) is 1.88. The summed E-state index contributed by atoms with van der Waals surface area (Å²) in [6, 6.07) is 2.87. The largest absolute Gasteiger partial charge is 0.393 e. The molecule has 2 fully saturated rings. The third-order valence-corrected chi connectivity index (χ3v) is 4.73. The summed E-state index contributed by atoms with van der Waals surface area (Å²) >= 11 is 3.52. The Morgan fingerprint density at radius 3 is 2.35 bits per heavy atom. The molecular formula is C15H22BrN3O. The van der Waals surface area contributed by atoms with Crippen LogP contribution in [0, 0.1) is 0 Å². The van der Waals surface area contributed by atoms with Gasteiger partial charge in [-0.05, 0) is 41.6 Å². The number of aliphatic hydroxyl groups is 1. The molecule has 5 heteroatoms. The maximum absolute atomic E-state index is 9.92. The van der Waals surface area contributed by atoms with Crippen LogP contribution in [0.1, 0.15) is 52.3 Å². The van der Waals surface area contributed by atoms with Gasteiger partial charge < -0.3 is 10.0 Å². The summed E-state index contributed by atoms with van der Waals surface area (Å²) < 4.78 is 0.845. The van der Waals surface area contributed by atoms with Gasteiger partial charge >= 0.3 is 0 Å². The first-order chi connectivity index (χ1) is 9.34. The fraction of sp³-hybridized carbons (Fsp3) is 0.733. The zero-order chi connectivity index (χ0) is 14.5. The van der Waals surface area contributed by atoms with Crippen LogP contribution in [-0.4, -0.2) is 33.3 Å². The molecule has 0 aliphatic carbocycles. The zero-order valence-electron chi connectivity index (χ0n) is 12.3. The van der Waals surface area contributed by atoms with Crippen molar-refractivity contribution in [2.45, 2.75) is 70.1 Å². The molecule has 1 aromatic heterocycles. The highest BCUT2D eigenvalue weighted by molar-refractivity contribution is 9.10. The van der Waals surface area contributed by atoms with E-state index in [0.29, 0.717) is 12.1 Å². The molecule has 0 aromatic carbocycles. The standard InChI is InChI=1S/C15H22BrN3O/c1-15(2,3)14-17-12(16)8-13(18-14)19-9-4-5-10(19)7-11(20)6-9/h8-11,20H,4-7H2,1-3H3. The first-order valence-electron chi connectivity index (χ1n) is 7.36. The minimum Gasteiger partial charge on any atom is -0.393 e. The number of fused-ring (bicyclic) bond motifs is 2. The van der Waals surface area contributed by atoms with Crippen molar-refractivity contribution < 1.29 is 5.11 Å². The van der Waals surface area contributed by atoms with Crippen molar-refractivity contribution in [1.82, 2.24) is 9.97 Å². The van der Waals surface area contributed by atoms with E-state index in [0.717, 1.165) is 41.9 Å². The van der Waals surface area contributed by atoms with Gasteiger partial charge in [0.1, 0.15) is 16.2 Å². The number of aliphatic hydroxyl groups excluding tert-OH is 1. The highest BCUT2D eigenvalue weighted by atomic mass is 79.9. The van der Waals surface area contributed by atoms with Crippen molar-refractivity contribution in [3.05, 3.63) is 16.5 Å². The molecule has 2 atom stereocenters. The highest BCUT2D eigenvalue weighted by Crippen LogP contribution is 2.39. The van der Waals surface area contributed by atoms with E-state index >= 15 is 0 Å². The molecule has 1 aromatic rings. The molecule has 4 nitrogen and oxygen atoms in total. The van der Waals surface area contributed by atoms with Crippen molar-refractivity contribution in [3.8, 4) is 0 Å². The van der Waals surface area contributed by atoms with E-state index in [-0.39, 0.29) is 11.5 Å². The van der Waals surface area contributed by atoms with Crippen molar-refractivity contribution >= 4 is 21.7 Å². The van der Waals surface area contributed by atoms with Gasteiger partial charge in [0, 0.05) is 23.6 Å². The van der Waals surface area contributed by atoms with E-state index in [2.05, 4.69) is 46.6 Å². The Morgan fingerprint density at radius 1 is 1.20 bits per heavy atom. The van der Waals surface area contributed by atoms with E-state index in [9.17, 15) is 5.11 Å². The molecule has 110 valence electrons. The Morgan fingerprint density at radius 2 is 1.80 bits per heavy atom. The van der Waals surface area contributed by atoms with Crippen molar-refractivity contribution in [1.29, 1.82) is 0 Å². The Bertz CT molecular complexity index is 500. The van der Waals surface area contributed by atoms with E-state index in [4.69, 9.17) is 4.98 Å². The molecule has 3 rings (SSSR count). The van der Waals surface area contributed by atoms with E-state index in [1.807, 2.05) is 6.07 Å². The molecule has 0 saturated carbocycles. The third-order valence-electron chi connectivity index (χ3n) is 4.32. The molecule has 2 saturated heterocycles. The van der Waals surface area contributed by atoms with E-state index < -0.39 is 0 Å². The number of nitrogens with zero attached hydrogens (tertiary/aromatic N) is 3. The lowest BCUT2D eigenvalue weighted by Gasteiger charge is -2.38. The molecule has 2 aliphatic rings. The van der Waals surface area contributed by atoms with Crippen LogP contribution < -0.4 is 4.90 Å². The summed E-state index contributed by atoms with van der Waals surface area (Å²) in [5, 5.41) is 9.92. The van der Waals surface area contributed by atoms with Gasteiger partial charge in [-0.25, -0.2) is 9.97 Å². The first kappa shape index (κ1) is 14.3. The van der Waals surface area contributed by atoms with E-state index in [1.165, 1.54) is 0 Å². The summed E-state index contributed by atoms with van der Waals surface area (Å²) in [6.45, 7) is 6.40. The van der Waals surface area contributed by atoms with Crippen molar-refractivity contribution in [3.63, 3.8) is 0 Å². The van der Waals surface area contributed by atoms with Gasteiger partial charge in [0.15, 0.2) is 0 Å². The second-order valence-electron chi connectivity index (χ2n) is 7.04. The van der Waals surface area contributed by atoms with E-state index in [1.54, 1.807) is 0 Å². The quantitative estimate of drug-likeness (QED) is 0.799. The van der Waals surface area contributed by atoms with Gasteiger partial charge in [-0.2, -0.15) is 0 Å². The van der Waals surface area contributed by atoms with Gasteiger partial charge in [-0.3, -0.25) is 0 Å². The summed E-state index contributed by atoms with van der Waals surface area (Å²) in [7, 11) is 0. The van der Waals surface area contributed by atoms with Gasteiger partial charge in [0.25, 0.3) is 0 Å². The van der Waals surface area contributed by atoms with Gasteiger partial charge in [-0.15, -0.1) is 0 Å². The first-order valence-corrected chi connectivity index (χ1v) is 8.15. The molecule has 0 radical (unpaired) electrons. The van der Waals surface area contributed by atoms with Crippen LogP contribution in [-0.2, 0) is 5.41 Å². The van der Waals surface area contributed by atoms with Crippen LogP contribution in [0.4, 0.5) is 5.82 Å². The number of halogens is 1. The second kappa shape index (κ2) is 4.95. The predicted octanol–water partition coefficient (Wildman–Crippen LogP) is 3.03. The van der Waals surface area contributed by atoms with Crippen LogP contribution in [0.3, 0.4) is 0 Å². The summed E-state index contributed by atoms with van der Waals surface area (Å²) in [5.41, 5.74) is -0.0626. The molecule has 0 spiro atoms. The lowest BCUT2D eigenvalue weighted by atomic mass is 9.95. The number of hydrogen-bond donors (Lipinski definition) is 1. The molecule has 1 N–H and O–H groups in total. The SMILES string of the molecule is CC(C)(C)c1nc(Br)cc(N2C3CCC2CC(O)C3)n1. The normalized spacial score (nSPS) is 29.9. The number of hydrogen-bond acceptors (Lipinski definition) is 4. The Labute approximate surface area is 128 Å². The zero-order valence-corrected chi connectivity index (χ0v) is 13.9.